The number of carbonyl (C=O) groups is 1. The fraction of sp³-hybridized carbons (Fsp3) is 0.583. The Balaban J connectivity index is 3.37. The fourth-order valence-corrected chi connectivity index (χ4v) is 3.43. The van der Waals surface area contributed by atoms with Crippen molar-refractivity contribution in [3.63, 3.8) is 0 Å². The average Bonchev–Trinajstić information content (AvgIpc) is 2.46. The van der Waals surface area contributed by atoms with Crippen molar-refractivity contribution in [2.24, 2.45) is 14.1 Å². The molecule has 10 heteroatoms. The summed E-state index contributed by atoms with van der Waals surface area (Å²) >= 11 is 0. The zero-order valence-corrected chi connectivity index (χ0v) is 13.8. The fourth-order valence-electron chi connectivity index (χ4n) is 1.87. The van der Waals surface area contributed by atoms with Gasteiger partial charge in [-0.05, 0) is 6.92 Å². The molecule has 0 aliphatic heterocycles. The number of aromatic nitrogens is 2. The van der Waals surface area contributed by atoms with Gasteiger partial charge >= 0.3 is 5.69 Å². The Hall–Kier alpha value is -1.94. The van der Waals surface area contributed by atoms with Crippen LogP contribution in [0.1, 0.15) is 13.8 Å². The summed E-state index contributed by atoms with van der Waals surface area (Å²) in [6, 6.07) is 0. The number of likely N-dealkylation sites (N-methyl/N-ethyl adjacent to an activating group) is 2. The summed E-state index contributed by atoms with van der Waals surface area (Å²) < 4.78 is 27.7. The second kappa shape index (κ2) is 6.88. The number of amides is 1. The van der Waals surface area contributed by atoms with Crippen molar-refractivity contribution in [1.82, 2.24) is 18.8 Å². The highest BCUT2D eigenvalue weighted by Crippen LogP contribution is 2.10. The number of carbonyl (C=O) groups excluding carboxylic acids is 1. The van der Waals surface area contributed by atoms with Crippen molar-refractivity contribution < 1.29 is 13.2 Å². The van der Waals surface area contributed by atoms with Gasteiger partial charge in [-0.1, -0.05) is 6.92 Å². The molecule has 0 fully saturated rings. The molecule has 124 valence electrons. The van der Waals surface area contributed by atoms with Crippen LogP contribution in [0.25, 0.3) is 0 Å². The Labute approximate surface area is 128 Å². The highest BCUT2D eigenvalue weighted by molar-refractivity contribution is 7.89. The molecule has 0 radical (unpaired) electrons. The Morgan fingerprint density at radius 2 is 1.86 bits per heavy atom. The number of rotatable bonds is 6. The Kier molecular flexibility index (Phi) is 5.66. The molecule has 1 amide bonds. The number of hydrogen-bond donors (Lipinski definition) is 1. The molecule has 1 rings (SSSR count). The highest BCUT2D eigenvalue weighted by Gasteiger charge is 2.29. The lowest BCUT2D eigenvalue weighted by Crippen LogP contribution is -2.45. The van der Waals surface area contributed by atoms with Gasteiger partial charge in [0, 0.05) is 33.4 Å². The minimum atomic E-state index is -4.18. The molecule has 1 heterocycles. The molecule has 9 nitrogen and oxygen atoms in total. The van der Waals surface area contributed by atoms with E-state index < -0.39 is 38.6 Å². The van der Waals surface area contributed by atoms with Crippen LogP contribution in [0.2, 0.25) is 0 Å². The first-order valence-electron chi connectivity index (χ1n) is 6.70. The van der Waals surface area contributed by atoms with Crippen LogP contribution < -0.4 is 16.6 Å². The van der Waals surface area contributed by atoms with Crippen molar-refractivity contribution in [1.29, 1.82) is 0 Å². The first-order chi connectivity index (χ1) is 10.2. The van der Waals surface area contributed by atoms with Crippen LogP contribution in [0.5, 0.6) is 0 Å². The summed E-state index contributed by atoms with van der Waals surface area (Å²) in [5.41, 5.74) is -1.55. The SMILES string of the molecule is CCNC(=O)CN(CC)S(=O)(=O)c1cn(C)c(=O)n(C)c1=O. The highest BCUT2D eigenvalue weighted by atomic mass is 32.2. The van der Waals surface area contributed by atoms with Gasteiger partial charge in [0.15, 0.2) is 4.90 Å². The molecule has 0 aliphatic carbocycles. The van der Waals surface area contributed by atoms with E-state index in [0.717, 1.165) is 15.1 Å². The largest absolute Gasteiger partial charge is 0.355 e. The molecule has 0 spiro atoms. The standard InChI is InChI=1S/C12H20N4O5S/c1-5-13-10(17)8-16(6-2)22(20,21)9-7-14(3)12(19)15(4)11(9)18/h7H,5-6,8H2,1-4H3,(H,13,17). The maximum absolute atomic E-state index is 12.6. The summed E-state index contributed by atoms with van der Waals surface area (Å²) in [5.74, 6) is -0.463. The number of nitrogens with zero attached hydrogens (tertiary/aromatic N) is 3. The molecule has 0 atom stereocenters. The van der Waals surface area contributed by atoms with Crippen molar-refractivity contribution in [2.75, 3.05) is 19.6 Å². The molecule has 0 bridgehead atoms. The van der Waals surface area contributed by atoms with Crippen molar-refractivity contribution in [3.8, 4) is 0 Å². The van der Waals surface area contributed by atoms with Crippen LogP contribution in [0.4, 0.5) is 0 Å². The molecule has 22 heavy (non-hydrogen) atoms. The van der Waals surface area contributed by atoms with Crippen molar-refractivity contribution in [2.45, 2.75) is 18.7 Å². The molecule has 0 aromatic carbocycles. The molecular formula is C12H20N4O5S. The molecular weight excluding hydrogens is 312 g/mol. The first-order valence-corrected chi connectivity index (χ1v) is 8.14. The maximum atomic E-state index is 12.6. The normalized spacial score (nSPS) is 11.7. The Morgan fingerprint density at radius 1 is 1.27 bits per heavy atom. The Morgan fingerprint density at radius 3 is 2.36 bits per heavy atom. The molecule has 1 N–H and O–H groups in total. The number of sulfonamides is 1. The lowest BCUT2D eigenvalue weighted by Gasteiger charge is -2.20. The van der Waals surface area contributed by atoms with E-state index in [9.17, 15) is 22.8 Å². The van der Waals surface area contributed by atoms with E-state index in [1.54, 1.807) is 13.8 Å². The predicted octanol–water partition coefficient (Wildman–Crippen LogP) is -1.77. The third kappa shape index (κ3) is 3.45. The zero-order valence-electron chi connectivity index (χ0n) is 13.0. The first kappa shape index (κ1) is 18.1. The topological polar surface area (TPSA) is 110 Å². The van der Waals surface area contributed by atoms with Gasteiger partial charge in [-0.3, -0.25) is 14.2 Å². The maximum Gasteiger partial charge on any atom is 0.330 e. The number of nitrogens with one attached hydrogen (secondary N) is 1. The average molecular weight is 332 g/mol. The minimum Gasteiger partial charge on any atom is -0.355 e. The van der Waals surface area contributed by atoms with E-state index in [-0.39, 0.29) is 6.54 Å². The second-order valence-electron chi connectivity index (χ2n) is 4.64. The smallest absolute Gasteiger partial charge is 0.330 e. The summed E-state index contributed by atoms with van der Waals surface area (Å²) in [4.78, 5) is 34.8. The van der Waals surface area contributed by atoms with Gasteiger partial charge in [-0.2, -0.15) is 4.31 Å². The summed E-state index contributed by atoms with van der Waals surface area (Å²) in [5, 5.41) is 2.50. The van der Waals surface area contributed by atoms with Crippen molar-refractivity contribution >= 4 is 15.9 Å². The lowest BCUT2D eigenvalue weighted by molar-refractivity contribution is -0.121. The molecule has 0 saturated carbocycles. The van der Waals surface area contributed by atoms with Crippen LogP contribution >= 0.6 is 0 Å². The Bertz CT molecular complexity index is 778. The third-order valence-electron chi connectivity index (χ3n) is 3.08. The van der Waals surface area contributed by atoms with Crippen LogP contribution in [-0.4, -0.2) is 47.4 Å². The van der Waals surface area contributed by atoms with Crippen LogP contribution in [-0.2, 0) is 28.9 Å². The molecule has 0 unspecified atom stereocenters. The van der Waals surface area contributed by atoms with E-state index in [1.165, 1.54) is 14.1 Å². The zero-order chi connectivity index (χ0) is 17.1. The van der Waals surface area contributed by atoms with E-state index in [0.29, 0.717) is 11.1 Å². The number of aryl methyl sites for hydroxylation is 1. The lowest BCUT2D eigenvalue weighted by atomic mass is 10.5. The monoisotopic (exact) mass is 332 g/mol. The van der Waals surface area contributed by atoms with E-state index in [1.807, 2.05) is 0 Å². The molecule has 0 saturated heterocycles. The van der Waals surface area contributed by atoms with E-state index in [2.05, 4.69) is 5.32 Å². The van der Waals surface area contributed by atoms with Gasteiger partial charge < -0.3 is 9.88 Å². The quantitative estimate of drug-likeness (QED) is 0.663. The molecule has 0 aliphatic rings. The number of hydrogen-bond acceptors (Lipinski definition) is 5. The summed E-state index contributed by atoms with van der Waals surface area (Å²) in [6.07, 6.45) is 0.973. The molecule has 1 aromatic heterocycles. The van der Waals surface area contributed by atoms with Gasteiger partial charge in [0.05, 0.1) is 6.54 Å². The second-order valence-corrected chi connectivity index (χ2v) is 6.54. The van der Waals surface area contributed by atoms with E-state index >= 15 is 0 Å². The van der Waals surface area contributed by atoms with Crippen LogP contribution in [0, 0.1) is 0 Å². The van der Waals surface area contributed by atoms with Crippen molar-refractivity contribution in [3.05, 3.63) is 27.0 Å². The molecule has 1 aromatic rings. The van der Waals surface area contributed by atoms with Gasteiger partial charge in [-0.25, -0.2) is 13.2 Å². The summed E-state index contributed by atoms with van der Waals surface area (Å²) in [6.45, 7) is 3.27. The van der Waals surface area contributed by atoms with Gasteiger partial charge in [0.2, 0.25) is 5.91 Å². The van der Waals surface area contributed by atoms with E-state index in [4.69, 9.17) is 0 Å². The summed E-state index contributed by atoms with van der Waals surface area (Å²) in [7, 11) is -1.63. The van der Waals surface area contributed by atoms with Gasteiger partial charge in [0.1, 0.15) is 0 Å². The predicted molar refractivity (Wildman–Crippen MR) is 80.0 cm³/mol. The van der Waals surface area contributed by atoms with Gasteiger partial charge in [-0.15, -0.1) is 0 Å². The third-order valence-corrected chi connectivity index (χ3v) is 4.98. The van der Waals surface area contributed by atoms with Crippen LogP contribution in [0.3, 0.4) is 0 Å². The minimum absolute atomic E-state index is 0.0193. The van der Waals surface area contributed by atoms with Crippen LogP contribution in [0.15, 0.2) is 20.7 Å². The van der Waals surface area contributed by atoms with Gasteiger partial charge in [0.25, 0.3) is 15.6 Å².